The minimum Gasteiger partial charge on any atom is -0.480 e. The van der Waals surface area contributed by atoms with E-state index >= 15 is 0 Å². The fourth-order valence-electron chi connectivity index (χ4n) is 0.373. The Morgan fingerprint density at radius 1 is 1.36 bits per heavy atom. The van der Waals surface area contributed by atoms with Gasteiger partial charge in [0.1, 0.15) is 6.54 Å². The van der Waals surface area contributed by atoms with Crippen LogP contribution in [-0.4, -0.2) is 34.3 Å². The van der Waals surface area contributed by atoms with Gasteiger partial charge in [-0.25, -0.2) is 0 Å². The zero-order valence-electron chi connectivity index (χ0n) is 6.40. The summed E-state index contributed by atoms with van der Waals surface area (Å²) < 4.78 is 0. The Balaban J connectivity index is 4.12. The van der Waals surface area contributed by atoms with Crippen molar-refractivity contribution in [3.05, 3.63) is 0 Å². The summed E-state index contributed by atoms with van der Waals surface area (Å²) in [6.07, 6.45) is 0. The summed E-state index contributed by atoms with van der Waals surface area (Å²) >= 11 is 0. The summed E-state index contributed by atoms with van der Waals surface area (Å²) in [5.74, 6) is -1.00. The fraction of sp³-hybridized carbons (Fsp3) is 0.500. The van der Waals surface area contributed by atoms with Crippen LogP contribution in [0.15, 0.2) is 10.1 Å². The van der Waals surface area contributed by atoms with Crippen molar-refractivity contribution in [2.24, 2.45) is 10.1 Å². The maximum Gasteiger partial charge on any atom is 0.325 e. The van der Waals surface area contributed by atoms with Crippen molar-refractivity contribution in [2.75, 3.05) is 6.54 Å². The van der Waals surface area contributed by atoms with Gasteiger partial charge in [-0.3, -0.25) is 9.79 Å². The summed E-state index contributed by atoms with van der Waals surface area (Å²) in [7, 11) is 0. The second kappa shape index (κ2) is 4.43. The van der Waals surface area contributed by atoms with Crippen LogP contribution in [0.5, 0.6) is 0 Å². The first-order chi connectivity index (χ1) is 5.07. The molecule has 0 heterocycles. The predicted molar refractivity (Wildman–Crippen MR) is 40.5 cm³/mol. The molecule has 0 radical (unpaired) electrons. The van der Waals surface area contributed by atoms with Gasteiger partial charge in [-0.2, -0.15) is 0 Å². The molecule has 11 heavy (non-hydrogen) atoms. The number of aliphatic imine (C=N–C) groups is 1. The van der Waals surface area contributed by atoms with Crippen LogP contribution in [0.1, 0.15) is 13.8 Å². The lowest BCUT2D eigenvalue weighted by molar-refractivity contribution is -0.135. The topological polar surface area (TPSA) is 82.2 Å². The van der Waals surface area contributed by atoms with Crippen LogP contribution in [0.25, 0.3) is 0 Å². The van der Waals surface area contributed by atoms with Crippen LogP contribution < -0.4 is 0 Å². The number of aliphatic carboxylic acids is 1. The molecule has 0 aliphatic carbocycles. The maximum atomic E-state index is 10.0. The first kappa shape index (κ1) is 9.61. The average molecular weight is 158 g/mol. The van der Waals surface area contributed by atoms with Gasteiger partial charge >= 0.3 is 5.97 Å². The summed E-state index contributed by atoms with van der Waals surface area (Å²) in [6.45, 7) is 2.83. The molecule has 5 heteroatoms. The molecule has 0 spiro atoms. The van der Waals surface area contributed by atoms with E-state index in [1.165, 1.54) is 0 Å². The third kappa shape index (κ3) is 4.07. The second-order valence-corrected chi connectivity index (χ2v) is 1.98. The molecule has 2 N–H and O–H groups in total. The van der Waals surface area contributed by atoms with Gasteiger partial charge < -0.3 is 10.3 Å². The zero-order chi connectivity index (χ0) is 8.85. The van der Waals surface area contributed by atoms with Crippen LogP contribution in [0.3, 0.4) is 0 Å². The fourth-order valence-corrected chi connectivity index (χ4v) is 0.373. The number of carbonyl (C=O) groups is 1. The van der Waals surface area contributed by atoms with Crippen molar-refractivity contribution < 1.29 is 15.1 Å². The molecule has 0 aliphatic heterocycles. The Labute approximate surface area is 64.1 Å². The molecular weight excluding hydrogens is 148 g/mol. The van der Waals surface area contributed by atoms with Crippen molar-refractivity contribution in [1.29, 1.82) is 0 Å². The summed E-state index contributed by atoms with van der Waals surface area (Å²) in [6, 6.07) is 0. The zero-order valence-corrected chi connectivity index (χ0v) is 6.40. The van der Waals surface area contributed by atoms with E-state index in [9.17, 15) is 4.79 Å². The molecule has 62 valence electrons. The van der Waals surface area contributed by atoms with Crippen molar-refractivity contribution in [3.63, 3.8) is 0 Å². The number of hydrogen-bond acceptors (Lipinski definition) is 4. The molecule has 0 fully saturated rings. The van der Waals surface area contributed by atoms with Gasteiger partial charge in [0.05, 0.1) is 11.4 Å². The van der Waals surface area contributed by atoms with E-state index < -0.39 is 5.97 Å². The third-order valence-corrected chi connectivity index (χ3v) is 1.13. The van der Waals surface area contributed by atoms with E-state index in [1.807, 2.05) is 0 Å². The Kier molecular flexibility index (Phi) is 3.87. The number of nitrogens with zero attached hydrogens (tertiary/aromatic N) is 2. The second-order valence-electron chi connectivity index (χ2n) is 1.98. The Morgan fingerprint density at radius 3 is 2.27 bits per heavy atom. The highest BCUT2D eigenvalue weighted by molar-refractivity contribution is 6.40. The SMILES string of the molecule is CC(=NCC(=O)O)/C(C)=N/O. The Bertz CT molecular complexity index is 208. The molecule has 0 atom stereocenters. The van der Waals surface area contributed by atoms with E-state index in [2.05, 4.69) is 10.1 Å². The lowest BCUT2D eigenvalue weighted by atomic mass is 10.3. The summed E-state index contributed by atoms with van der Waals surface area (Å²) in [5, 5.41) is 19.3. The highest BCUT2D eigenvalue weighted by Gasteiger charge is 1.98. The number of rotatable bonds is 3. The molecule has 0 bridgehead atoms. The number of hydrogen-bond donors (Lipinski definition) is 2. The highest BCUT2D eigenvalue weighted by Crippen LogP contribution is 1.83. The van der Waals surface area contributed by atoms with Crippen LogP contribution in [0.4, 0.5) is 0 Å². The molecule has 0 aromatic rings. The van der Waals surface area contributed by atoms with Crippen LogP contribution in [0, 0.1) is 0 Å². The third-order valence-electron chi connectivity index (χ3n) is 1.13. The standard InChI is InChI=1S/C6H10N2O3/c1-4(5(2)8-11)7-3-6(9)10/h11H,3H2,1-2H3,(H,9,10)/b7-4?,8-5+. The largest absolute Gasteiger partial charge is 0.480 e. The molecule has 0 amide bonds. The van der Waals surface area contributed by atoms with Gasteiger partial charge in [0, 0.05) is 0 Å². The Morgan fingerprint density at radius 2 is 1.91 bits per heavy atom. The highest BCUT2D eigenvalue weighted by atomic mass is 16.4. The van der Waals surface area contributed by atoms with Crippen molar-refractivity contribution in [3.8, 4) is 0 Å². The molecule has 0 saturated heterocycles. The first-order valence-corrected chi connectivity index (χ1v) is 2.99. The van der Waals surface area contributed by atoms with Crippen molar-refractivity contribution in [2.45, 2.75) is 13.8 Å². The lowest BCUT2D eigenvalue weighted by Crippen LogP contribution is -2.09. The van der Waals surface area contributed by atoms with E-state index in [0.717, 1.165) is 0 Å². The van der Waals surface area contributed by atoms with E-state index in [0.29, 0.717) is 11.4 Å². The molecule has 0 aliphatic rings. The van der Waals surface area contributed by atoms with E-state index in [1.54, 1.807) is 13.8 Å². The predicted octanol–water partition coefficient (Wildman–Crippen LogP) is 0.382. The number of oxime groups is 1. The van der Waals surface area contributed by atoms with Crippen LogP contribution >= 0.6 is 0 Å². The normalized spacial score (nSPS) is 13.3. The molecule has 0 aromatic carbocycles. The molecule has 0 unspecified atom stereocenters. The van der Waals surface area contributed by atoms with Gasteiger partial charge in [-0.1, -0.05) is 5.16 Å². The van der Waals surface area contributed by atoms with E-state index in [4.69, 9.17) is 10.3 Å². The van der Waals surface area contributed by atoms with Crippen molar-refractivity contribution in [1.82, 2.24) is 0 Å². The molecule has 0 aromatic heterocycles. The smallest absolute Gasteiger partial charge is 0.325 e. The molecule has 0 rings (SSSR count). The van der Waals surface area contributed by atoms with Gasteiger partial charge in [0.25, 0.3) is 0 Å². The van der Waals surface area contributed by atoms with Gasteiger partial charge in [-0.15, -0.1) is 0 Å². The summed E-state index contributed by atoms with van der Waals surface area (Å²) in [4.78, 5) is 13.6. The lowest BCUT2D eigenvalue weighted by Gasteiger charge is -1.94. The van der Waals surface area contributed by atoms with Crippen LogP contribution in [-0.2, 0) is 4.79 Å². The molecular formula is C6H10N2O3. The van der Waals surface area contributed by atoms with Crippen LogP contribution in [0.2, 0.25) is 0 Å². The average Bonchev–Trinajstić information content (AvgIpc) is 1.98. The molecule has 5 nitrogen and oxygen atoms in total. The monoisotopic (exact) mass is 158 g/mol. The number of carboxylic acid groups (broad SMARTS) is 1. The minimum absolute atomic E-state index is 0.293. The quantitative estimate of drug-likeness (QED) is 0.354. The minimum atomic E-state index is -1.00. The van der Waals surface area contributed by atoms with Gasteiger partial charge in [-0.05, 0) is 13.8 Å². The van der Waals surface area contributed by atoms with Gasteiger partial charge in [0.15, 0.2) is 0 Å². The number of carboxylic acids is 1. The van der Waals surface area contributed by atoms with Crippen molar-refractivity contribution >= 4 is 17.4 Å². The first-order valence-electron chi connectivity index (χ1n) is 2.99. The van der Waals surface area contributed by atoms with E-state index in [-0.39, 0.29) is 6.54 Å². The maximum absolute atomic E-state index is 10.0. The molecule has 0 saturated carbocycles. The van der Waals surface area contributed by atoms with Gasteiger partial charge in [0.2, 0.25) is 0 Å². The summed E-state index contributed by atoms with van der Waals surface area (Å²) in [5.41, 5.74) is 0.751. The Hall–Kier alpha value is -1.39.